The van der Waals surface area contributed by atoms with Crippen LogP contribution in [0.5, 0.6) is 0 Å². The van der Waals surface area contributed by atoms with E-state index in [0.29, 0.717) is 42.2 Å². The first-order valence-electron chi connectivity index (χ1n) is 9.43. The molecule has 11 heteroatoms. The number of amides is 1. The highest BCUT2D eigenvalue weighted by Crippen LogP contribution is 2.44. The molecule has 0 aliphatic carbocycles. The summed E-state index contributed by atoms with van der Waals surface area (Å²) in [7, 11) is 0. The molecule has 1 N–H and O–H groups in total. The third-order valence-electron chi connectivity index (χ3n) is 5.83. The Labute approximate surface area is 167 Å². The molecule has 5 heterocycles. The monoisotopic (exact) mass is 429 g/mol. The van der Waals surface area contributed by atoms with Gasteiger partial charge in [-0.05, 0) is 6.07 Å². The normalized spacial score (nSPS) is 26.1. The molecule has 3 aliphatic heterocycles. The molecule has 3 saturated heterocycles. The van der Waals surface area contributed by atoms with Gasteiger partial charge < -0.3 is 15.1 Å². The first kappa shape index (κ1) is 19.0. The minimum atomic E-state index is -4.26. The van der Waals surface area contributed by atoms with Crippen molar-refractivity contribution in [1.29, 1.82) is 0 Å². The lowest BCUT2D eigenvalue weighted by Gasteiger charge is -2.60. The molecule has 2 aromatic rings. The second-order valence-electron chi connectivity index (χ2n) is 8.26. The molecule has 1 amide bonds. The summed E-state index contributed by atoms with van der Waals surface area (Å²) in [5, 5.41) is 3.56. The second kappa shape index (κ2) is 6.49. The van der Waals surface area contributed by atoms with E-state index >= 15 is 0 Å². The third kappa shape index (κ3) is 3.43. The summed E-state index contributed by atoms with van der Waals surface area (Å²) in [6.45, 7) is 2.85. The quantitative estimate of drug-likeness (QED) is 0.758. The molecule has 0 aromatic carbocycles. The number of carbonyl (C=O) groups is 1. The molecule has 2 aromatic heterocycles. The minimum Gasteiger partial charge on any atom is -0.354 e. The van der Waals surface area contributed by atoms with Gasteiger partial charge in [-0.2, -0.15) is 13.2 Å². The number of carbonyl (C=O) groups excluding carboxylic acids is 1. The van der Waals surface area contributed by atoms with Crippen molar-refractivity contribution < 1.29 is 22.4 Å². The van der Waals surface area contributed by atoms with Gasteiger partial charge in [-0.15, -0.1) is 11.3 Å². The van der Waals surface area contributed by atoms with Crippen molar-refractivity contribution in [2.45, 2.75) is 31.2 Å². The molecule has 156 valence electrons. The van der Waals surface area contributed by atoms with Crippen molar-refractivity contribution >= 4 is 33.3 Å². The Kier molecular flexibility index (Phi) is 4.25. The van der Waals surface area contributed by atoms with Crippen LogP contribution in [0.1, 0.15) is 11.3 Å². The van der Waals surface area contributed by atoms with E-state index < -0.39 is 24.8 Å². The fraction of sp³-hybridized carbons (Fsp3) is 0.611. The molecule has 0 radical (unpaired) electrons. The number of aromatic nitrogens is 2. The lowest BCUT2D eigenvalue weighted by atomic mass is 9.72. The van der Waals surface area contributed by atoms with E-state index in [1.54, 1.807) is 4.90 Å². The van der Waals surface area contributed by atoms with Crippen LogP contribution in [0.3, 0.4) is 0 Å². The average molecular weight is 429 g/mol. The maximum absolute atomic E-state index is 13.3. The standard InChI is InChI=1S/C18H19F4N5OS/c19-10-1-13(23-4-10)16(28)27-7-17(8-27)5-26(6-17)14-12-2-11(3-18(20,21)22)29-15(12)25-9-24-14/h2,9-10,13,23H,1,3-8H2/t10?,13-/m0/s1. The second-order valence-corrected chi connectivity index (χ2v) is 9.38. The molecule has 1 spiro atoms. The fourth-order valence-electron chi connectivity index (χ4n) is 4.56. The average Bonchev–Trinajstić information content (AvgIpc) is 3.16. The van der Waals surface area contributed by atoms with E-state index in [1.807, 2.05) is 4.90 Å². The molecule has 3 aliphatic rings. The molecule has 1 unspecified atom stereocenters. The Balaban J connectivity index is 1.24. The number of nitrogens with one attached hydrogen (secondary N) is 1. The Morgan fingerprint density at radius 2 is 2.03 bits per heavy atom. The molecular formula is C18H19F4N5OS. The summed E-state index contributed by atoms with van der Waals surface area (Å²) in [4.78, 5) is 25.4. The Hall–Kier alpha value is -2.01. The van der Waals surface area contributed by atoms with Crippen LogP contribution in [0.15, 0.2) is 12.4 Å². The lowest BCUT2D eigenvalue weighted by Crippen LogP contribution is -2.74. The number of likely N-dealkylation sites (tertiary alicyclic amines) is 1. The minimum absolute atomic E-state index is 0.00846. The highest BCUT2D eigenvalue weighted by atomic mass is 32.1. The van der Waals surface area contributed by atoms with E-state index in [4.69, 9.17) is 0 Å². The predicted molar refractivity (Wildman–Crippen MR) is 99.7 cm³/mol. The number of alkyl halides is 4. The van der Waals surface area contributed by atoms with Gasteiger partial charge in [0.15, 0.2) is 0 Å². The Bertz CT molecular complexity index is 949. The van der Waals surface area contributed by atoms with Gasteiger partial charge in [-0.3, -0.25) is 4.79 Å². The smallest absolute Gasteiger partial charge is 0.354 e. The Morgan fingerprint density at radius 3 is 2.69 bits per heavy atom. The van der Waals surface area contributed by atoms with Crippen molar-refractivity contribution in [3.63, 3.8) is 0 Å². The first-order valence-corrected chi connectivity index (χ1v) is 10.2. The summed E-state index contributed by atoms with van der Waals surface area (Å²) < 4.78 is 51.4. The van der Waals surface area contributed by atoms with Crippen LogP contribution in [0.25, 0.3) is 10.2 Å². The number of thiophene rings is 1. The van der Waals surface area contributed by atoms with E-state index in [0.717, 1.165) is 11.3 Å². The van der Waals surface area contributed by atoms with Crippen molar-refractivity contribution in [1.82, 2.24) is 20.2 Å². The van der Waals surface area contributed by atoms with Gasteiger partial charge in [0.05, 0.1) is 17.8 Å². The van der Waals surface area contributed by atoms with E-state index in [1.165, 1.54) is 12.4 Å². The maximum Gasteiger partial charge on any atom is 0.393 e. The summed E-state index contributed by atoms with van der Waals surface area (Å²) >= 11 is 1.04. The van der Waals surface area contributed by atoms with Crippen molar-refractivity contribution in [3.05, 3.63) is 17.3 Å². The number of hydrogen-bond donors (Lipinski definition) is 1. The van der Waals surface area contributed by atoms with E-state index in [9.17, 15) is 22.4 Å². The van der Waals surface area contributed by atoms with Gasteiger partial charge in [-0.1, -0.05) is 0 Å². The summed E-state index contributed by atoms with van der Waals surface area (Å²) in [5.41, 5.74) is -0.00846. The van der Waals surface area contributed by atoms with Crippen LogP contribution in [0, 0.1) is 5.41 Å². The van der Waals surface area contributed by atoms with Gasteiger partial charge in [-0.25, -0.2) is 14.4 Å². The fourth-order valence-corrected chi connectivity index (χ4v) is 5.58. The third-order valence-corrected chi connectivity index (χ3v) is 6.87. The highest BCUT2D eigenvalue weighted by Gasteiger charge is 2.54. The largest absolute Gasteiger partial charge is 0.393 e. The van der Waals surface area contributed by atoms with Gasteiger partial charge in [0.1, 0.15) is 23.1 Å². The molecule has 6 nitrogen and oxygen atoms in total. The number of rotatable bonds is 3. The predicted octanol–water partition coefficient (Wildman–Crippen LogP) is 2.14. The zero-order chi connectivity index (χ0) is 20.4. The molecule has 0 bridgehead atoms. The lowest BCUT2D eigenvalue weighted by molar-refractivity contribution is -0.147. The molecular weight excluding hydrogens is 410 g/mol. The van der Waals surface area contributed by atoms with Crippen molar-refractivity contribution in [2.24, 2.45) is 5.41 Å². The number of fused-ring (bicyclic) bond motifs is 1. The zero-order valence-corrected chi connectivity index (χ0v) is 16.2. The van der Waals surface area contributed by atoms with Crippen LogP contribution < -0.4 is 10.2 Å². The number of anilines is 1. The van der Waals surface area contributed by atoms with Crippen LogP contribution in [-0.2, 0) is 11.2 Å². The molecule has 29 heavy (non-hydrogen) atoms. The van der Waals surface area contributed by atoms with Crippen molar-refractivity contribution in [3.8, 4) is 0 Å². The van der Waals surface area contributed by atoms with Gasteiger partial charge >= 0.3 is 6.18 Å². The molecule has 2 atom stereocenters. The van der Waals surface area contributed by atoms with Gasteiger partial charge in [0, 0.05) is 49.4 Å². The van der Waals surface area contributed by atoms with Crippen LogP contribution in [0.4, 0.5) is 23.4 Å². The summed E-state index contributed by atoms with van der Waals surface area (Å²) in [6, 6.07) is 1.10. The SMILES string of the molecule is O=C([C@@H]1CC(F)CN1)N1CC2(C1)CN(c1ncnc3sc(CC(F)(F)F)cc13)C2. The Morgan fingerprint density at radius 1 is 1.28 bits per heavy atom. The molecule has 3 fully saturated rings. The van der Waals surface area contributed by atoms with E-state index in [2.05, 4.69) is 15.3 Å². The van der Waals surface area contributed by atoms with Gasteiger partial charge in [0.2, 0.25) is 5.91 Å². The van der Waals surface area contributed by atoms with Crippen molar-refractivity contribution in [2.75, 3.05) is 37.6 Å². The highest BCUT2D eigenvalue weighted by molar-refractivity contribution is 7.18. The number of nitrogens with zero attached hydrogens (tertiary/aromatic N) is 4. The topological polar surface area (TPSA) is 61.4 Å². The molecule has 5 rings (SSSR count). The first-order chi connectivity index (χ1) is 13.7. The number of halogens is 4. The zero-order valence-electron chi connectivity index (χ0n) is 15.4. The summed E-state index contributed by atoms with van der Waals surface area (Å²) in [5.74, 6) is 0.598. The van der Waals surface area contributed by atoms with Gasteiger partial charge in [0.25, 0.3) is 0 Å². The molecule has 0 saturated carbocycles. The van der Waals surface area contributed by atoms with Crippen LogP contribution in [0.2, 0.25) is 0 Å². The van der Waals surface area contributed by atoms with Crippen LogP contribution in [-0.4, -0.2) is 71.9 Å². The maximum atomic E-state index is 13.3. The summed E-state index contributed by atoms with van der Waals surface area (Å²) in [6.07, 6.45) is -4.58. The number of hydrogen-bond acceptors (Lipinski definition) is 6. The van der Waals surface area contributed by atoms with E-state index in [-0.39, 0.29) is 29.2 Å². The van der Waals surface area contributed by atoms with Crippen LogP contribution >= 0.6 is 11.3 Å².